The summed E-state index contributed by atoms with van der Waals surface area (Å²) in [6, 6.07) is 3.93. The molecular weight excluding hydrogens is 138 g/mol. The predicted molar refractivity (Wildman–Crippen MR) is 39.9 cm³/mol. The van der Waals surface area contributed by atoms with E-state index in [4.69, 9.17) is 5.26 Å². The zero-order chi connectivity index (χ0) is 7.84. The number of rotatable bonds is 1. The van der Waals surface area contributed by atoms with Crippen molar-refractivity contribution >= 4 is 0 Å². The monoisotopic (exact) mass is 147 g/mol. The van der Waals surface area contributed by atoms with E-state index in [2.05, 4.69) is 5.10 Å². The van der Waals surface area contributed by atoms with Crippen LogP contribution < -0.4 is 0 Å². The lowest BCUT2D eigenvalue weighted by atomic mass is 10.3. The lowest BCUT2D eigenvalue weighted by molar-refractivity contribution is 0.711. The summed E-state index contributed by atoms with van der Waals surface area (Å²) in [5.74, 6) is 0.676. The first-order valence-electron chi connectivity index (χ1n) is 3.75. The van der Waals surface area contributed by atoms with Gasteiger partial charge in [-0.2, -0.15) is 10.4 Å². The van der Waals surface area contributed by atoms with Gasteiger partial charge in [0.15, 0.2) is 5.69 Å². The molecule has 0 N–H and O–H groups in total. The van der Waals surface area contributed by atoms with Gasteiger partial charge >= 0.3 is 0 Å². The van der Waals surface area contributed by atoms with Gasteiger partial charge in [-0.15, -0.1) is 0 Å². The SMILES string of the molecule is Cn1nc(C#N)cc1C1CC1. The van der Waals surface area contributed by atoms with E-state index in [1.165, 1.54) is 18.5 Å². The first kappa shape index (κ1) is 6.41. The molecule has 0 radical (unpaired) electrons. The smallest absolute Gasteiger partial charge is 0.162 e. The Hall–Kier alpha value is -1.30. The summed E-state index contributed by atoms with van der Waals surface area (Å²) in [5, 5.41) is 12.6. The highest BCUT2D eigenvalue weighted by Crippen LogP contribution is 2.39. The van der Waals surface area contributed by atoms with Gasteiger partial charge < -0.3 is 0 Å². The Morgan fingerprint density at radius 1 is 1.73 bits per heavy atom. The maximum Gasteiger partial charge on any atom is 0.162 e. The van der Waals surface area contributed by atoms with Crippen LogP contribution in [0.5, 0.6) is 0 Å². The lowest BCUT2D eigenvalue weighted by Crippen LogP contribution is -1.95. The molecule has 3 heteroatoms. The van der Waals surface area contributed by atoms with E-state index in [9.17, 15) is 0 Å². The number of aromatic nitrogens is 2. The average Bonchev–Trinajstić information content (AvgIpc) is 2.76. The Kier molecular flexibility index (Phi) is 1.22. The van der Waals surface area contributed by atoms with Crippen LogP contribution in [0.1, 0.15) is 30.1 Å². The molecule has 1 saturated carbocycles. The highest BCUT2D eigenvalue weighted by Gasteiger charge is 2.26. The maximum absolute atomic E-state index is 8.55. The van der Waals surface area contributed by atoms with Crippen LogP contribution in [0.2, 0.25) is 0 Å². The van der Waals surface area contributed by atoms with Gasteiger partial charge in [-0.1, -0.05) is 0 Å². The van der Waals surface area contributed by atoms with Gasteiger partial charge in [0.25, 0.3) is 0 Å². The summed E-state index contributed by atoms with van der Waals surface area (Å²) in [4.78, 5) is 0. The van der Waals surface area contributed by atoms with E-state index in [1.807, 2.05) is 23.9 Å². The first-order valence-corrected chi connectivity index (χ1v) is 3.75. The Morgan fingerprint density at radius 2 is 2.45 bits per heavy atom. The molecule has 0 aromatic carbocycles. The van der Waals surface area contributed by atoms with Crippen molar-refractivity contribution in [2.75, 3.05) is 0 Å². The Labute approximate surface area is 65.3 Å². The molecule has 1 aliphatic rings. The van der Waals surface area contributed by atoms with Gasteiger partial charge in [0, 0.05) is 18.7 Å². The van der Waals surface area contributed by atoms with Gasteiger partial charge in [0.2, 0.25) is 0 Å². The van der Waals surface area contributed by atoms with E-state index >= 15 is 0 Å². The molecule has 1 aromatic rings. The van der Waals surface area contributed by atoms with Gasteiger partial charge in [0.1, 0.15) is 6.07 Å². The average molecular weight is 147 g/mol. The van der Waals surface area contributed by atoms with Crippen molar-refractivity contribution in [1.82, 2.24) is 9.78 Å². The molecule has 1 heterocycles. The highest BCUT2D eigenvalue weighted by atomic mass is 15.3. The van der Waals surface area contributed by atoms with Crippen LogP contribution in [-0.4, -0.2) is 9.78 Å². The van der Waals surface area contributed by atoms with E-state index in [0.717, 1.165) is 0 Å². The number of nitrogens with zero attached hydrogens (tertiary/aromatic N) is 3. The zero-order valence-electron chi connectivity index (χ0n) is 6.41. The minimum atomic E-state index is 0.536. The van der Waals surface area contributed by atoms with Crippen molar-refractivity contribution in [3.05, 3.63) is 17.5 Å². The van der Waals surface area contributed by atoms with Gasteiger partial charge in [-0.25, -0.2) is 0 Å². The molecule has 0 unspecified atom stereocenters. The van der Waals surface area contributed by atoms with Crippen molar-refractivity contribution in [2.24, 2.45) is 7.05 Å². The second-order valence-corrected chi connectivity index (χ2v) is 2.96. The van der Waals surface area contributed by atoms with E-state index in [0.29, 0.717) is 11.6 Å². The maximum atomic E-state index is 8.55. The first-order chi connectivity index (χ1) is 5.31. The van der Waals surface area contributed by atoms with Crippen LogP contribution in [0.3, 0.4) is 0 Å². The molecule has 56 valence electrons. The summed E-state index contributed by atoms with van der Waals surface area (Å²) in [5.41, 5.74) is 1.75. The lowest BCUT2D eigenvalue weighted by Gasteiger charge is -1.94. The topological polar surface area (TPSA) is 41.6 Å². The predicted octanol–water partition coefficient (Wildman–Crippen LogP) is 1.17. The third kappa shape index (κ3) is 1.01. The third-order valence-corrected chi connectivity index (χ3v) is 2.03. The number of aryl methyl sites for hydroxylation is 1. The molecule has 0 spiro atoms. The minimum absolute atomic E-state index is 0.536. The highest BCUT2D eigenvalue weighted by molar-refractivity contribution is 5.26. The van der Waals surface area contributed by atoms with Crippen LogP contribution in [-0.2, 0) is 7.05 Å². The zero-order valence-corrected chi connectivity index (χ0v) is 6.41. The fourth-order valence-electron chi connectivity index (χ4n) is 1.30. The van der Waals surface area contributed by atoms with E-state index < -0.39 is 0 Å². The fraction of sp³-hybridized carbons (Fsp3) is 0.500. The molecular formula is C8H9N3. The summed E-state index contributed by atoms with van der Waals surface area (Å²) < 4.78 is 1.82. The minimum Gasteiger partial charge on any atom is -0.271 e. The molecule has 2 rings (SSSR count). The van der Waals surface area contributed by atoms with Crippen LogP contribution in [0.15, 0.2) is 6.07 Å². The standard InChI is InChI=1S/C8H9N3/c1-11-8(6-2-3-6)4-7(5-9)10-11/h4,6H,2-3H2,1H3. The molecule has 1 aliphatic carbocycles. The summed E-state index contributed by atoms with van der Waals surface area (Å²) in [6.07, 6.45) is 2.51. The van der Waals surface area contributed by atoms with Crippen LogP contribution in [0, 0.1) is 11.3 Å². The molecule has 0 bridgehead atoms. The third-order valence-electron chi connectivity index (χ3n) is 2.03. The molecule has 0 amide bonds. The fourth-order valence-corrected chi connectivity index (χ4v) is 1.30. The van der Waals surface area contributed by atoms with Gasteiger partial charge in [-0.05, 0) is 18.9 Å². The van der Waals surface area contributed by atoms with Gasteiger partial charge in [0.05, 0.1) is 0 Å². The van der Waals surface area contributed by atoms with Gasteiger partial charge in [-0.3, -0.25) is 4.68 Å². The van der Waals surface area contributed by atoms with Crippen molar-refractivity contribution in [1.29, 1.82) is 5.26 Å². The second kappa shape index (κ2) is 2.09. The summed E-state index contributed by atoms with van der Waals surface area (Å²) in [6.45, 7) is 0. The van der Waals surface area contributed by atoms with Crippen molar-refractivity contribution in [3.63, 3.8) is 0 Å². The molecule has 0 saturated heterocycles. The summed E-state index contributed by atoms with van der Waals surface area (Å²) >= 11 is 0. The van der Waals surface area contributed by atoms with Crippen LogP contribution in [0.25, 0.3) is 0 Å². The van der Waals surface area contributed by atoms with E-state index in [1.54, 1.807) is 0 Å². The van der Waals surface area contributed by atoms with Crippen LogP contribution >= 0.6 is 0 Å². The van der Waals surface area contributed by atoms with Crippen LogP contribution in [0.4, 0.5) is 0 Å². The molecule has 3 nitrogen and oxygen atoms in total. The van der Waals surface area contributed by atoms with Crippen molar-refractivity contribution in [3.8, 4) is 6.07 Å². The molecule has 11 heavy (non-hydrogen) atoms. The van der Waals surface area contributed by atoms with E-state index in [-0.39, 0.29) is 0 Å². The Morgan fingerprint density at radius 3 is 2.91 bits per heavy atom. The molecule has 0 aliphatic heterocycles. The quantitative estimate of drug-likeness (QED) is 0.598. The number of nitriles is 1. The largest absolute Gasteiger partial charge is 0.271 e. The number of hydrogen-bond acceptors (Lipinski definition) is 2. The Bertz CT molecular complexity index is 315. The molecule has 1 fully saturated rings. The van der Waals surface area contributed by atoms with Crippen molar-refractivity contribution < 1.29 is 0 Å². The van der Waals surface area contributed by atoms with Crippen molar-refractivity contribution in [2.45, 2.75) is 18.8 Å². The number of hydrogen-bond donors (Lipinski definition) is 0. The summed E-state index contributed by atoms with van der Waals surface area (Å²) in [7, 11) is 1.90. The normalized spacial score (nSPS) is 16.4. The second-order valence-electron chi connectivity index (χ2n) is 2.96. The molecule has 1 aromatic heterocycles. The molecule has 0 atom stereocenters. The Balaban J connectivity index is 2.40.